The molecule has 2 amide bonds. The molecule has 1 N–H and O–H groups in total. The Labute approximate surface area is 128 Å². The fourth-order valence-electron chi connectivity index (χ4n) is 2.20. The third-order valence-corrected chi connectivity index (χ3v) is 3.92. The number of nitrogens with zero attached hydrogens (tertiary/aromatic N) is 1. The Hall–Kier alpha value is -1.26. The maximum Gasteiger partial charge on any atom is 0.313 e. The Bertz CT molecular complexity index is 492. The summed E-state index contributed by atoms with van der Waals surface area (Å²) >= 11 is 11.9. The van der Waals surface area contributed by atoms with E-state index in [2.05, 4.69) is 5.32 Å². The molecule has 1 saturated heterocycles. The molecule has 0 aromatic heterocycles. The number of hydrogen-bond acceptors (Lipinski definition) is 2. The van der Waals surface area contributed by atoms with Gasteiger partial charge in [-0.3, -0.25) is 9.59 Å². The number of carbonyl (C=O) groups is 2. The van der Waals surface area contributed by atoms with Gasteiger partial charge in [-0.15, -0.1) is 0 Å². The van der Waals surface area contributed by atoms with E-state index in [4.69, 9.17) is 23.2 Å². The van der Waals surface area contributed by atoms with Crippen molar-refractivity contribution in [3.63, 3.8) is 0 Å². The summed E-state index contributed by atoms with van der Waals surface area (Å²) in [5, 5.41) is 3.13. The molecule has 0 aliphatic carbocycles. The van der Waals surface area contributed by atoms with Gasteiger partial charge < -0.3 is 10.2 Å². The quantitative estimate of drug-likeness (QED) is 0.808. The first-order chi connectivity index (χ1) is 9.59. The molecule has 1 aromatic rings. The molecule has 0 saturated carbocycles. The maximum atomic E-state index is 12.1. The minimum atomic E-state index is -0.693. The minimum absolute atomic E-state index is 0.281. The molecule has 20 heavy (non-hydrogen) atoms. The number of anilines is 1. The largest absolute Gasteiger partial charge is 0.334 e. The zero-order valence-electron chi connectivity index (χ0n) is 11.0. The lowest BCUT2D eigenvalue weighted by atomic mass is 10.2. The summed E-state index contributed by atoms with van der Waals surface area (Å²) < 4.78 is 0. The third kappa shape index (κ3) is 3.64. The average molecular weight is 315 g/mol. The summed E-state index contributed by atoms with van der Waals surface area (Å²) in [6.45, 7) is 1.25. The van der Waals surface area contributed by atoms with Crippen molar-refractivity contribution in [2.75, 3.05) is 18.4 Å². The molecule has 1 fully saturated rings. The molecule has 0 bridgehead atoms. The van der Waals surface area contributed by atoms with E-state index < -0.39 is 11.8 Å². The smallest absolute Gasteiger partial charge is 0.313 e. The summed E-state index contributed by atoms with van der Waals surface area (Å²) in [7, 11) is 0. The second-order valence-corrected chi connectivity index (χ2v) is 5.57. The Morgan fingerprint density at radius 2 is 1.55 bits per heavy atom. The first-order valence-corrected chi connectivity index (χ1v) is 7.39. The van der Waals surface area contributed by atoms with Crippen molar-refractivity contribution >= 4 is 40.7 Å². The highest BCUT2D eigenvalue weighted by atomic mass is 35.5. The van der Waals surface area contributed by atoms with E-state index in [0.717, 1.165) is 25.7 Å². The first kappa shape index (κ1) is 15.1. The lowest BCUT2D eigenvalue weighted by molar-refractivity contribution is -0.143. The predicted octanol–water partition coefficient (Wildman–Crippen LogP) is 3.33. The Morgan fingerprint density at radius 1 is 1.00 bits per heavy atom. The van der Waals surface area contributed by atoms with E-state index in [0.29, 0.717) is 23.1 Å². The van der Waals surface area contributed by atoms with Gasteiger partial charge in [-0.1, -0.05) is 42.1 Å². The number of rotatable bonds is 1. The fraction of sp³-hybridized carbons (Fsp3) is 0.429. The highest BCUT2D eigenvalue weighted by molar-refractivity contribution is 6.44. The first-order valence-electron chi connectivity index (χ1n) is 6.64. The van der Waals surface area contributed by atoms with Crippen molar-refractivity contribution in [3.05, 3.63) is 28.2 Å². The standard InChI is InChI=1S/C14H16Cl2N2O2/c15-10-6-5-7-11(16)12(10)17-13(19)14(20)18-8-3-1-2-4-9-18/h5-7H,1-4,8-9H2,(H,17,19). The van der Waals surface area contributed by atoms with E-state index in [1.54, 1.807) is 23.1 Å². The normalized spacial score (nSPS) is 15.6. The van der Waals surface area contributed by atoms with Gasteiger partial charge in [-0.05, 0) is 25.0 Å². The van der Waals surface area contributed by atoms with Gasteiger partial charge in [0.05, 0.1) is 15.7 Å². The zero-order valence-corrected chi connectivity index (χ0v) is 12.5. The molecule has 1 aliphatic heterocycles. The summed E-state index contributed by atoms with van der Waals surface area (Å²) in [4.78, 5) is 25.7. The lowest BCUT2D eigenvalue weighted by Crippen LogP contribution is -2.40. The van der Waals surface area contributed by atoms with Crippen LogP contribution in [0.1, 0.15) is 25.7 Å². The Morgan fingerprint density at radius 3 is 2.10 bits per heavy atom. The Balaban J connectivity index is 2.05. The number of para-hydroxylation sites is 1. The van der Waals surface area contributed by atoms with Crippen LogP contribution in [0.5, 0.6) is 0 Å². The number of nitrogens with one attached hydrogen (secondary N) is 1. The van der Waals surface area contributed by atoms with E-state index in [1.165, 1.54) is 0 Å². The van der Waals surface area contributed by atoms with E-state index in [-0.39, 0.29) is 5.69 Å². The molecule has 108 valence electrons. The van der Waals surface area contributed by atoms with Crippen molar-refractivity contribution in [3.8, 4) is 0 Å². The van der Waals surface area contributed by atoms with Gasteiger partial charge in [0, 0.05) is 13.1 Å². The topological polar surface area (TPSA) is 49.4 Å². The monoisotopic (exact) mass is 314 g/mol. The highest BCUT2D eigenvalue weighted by Crippen LogP contribution is 2.29. The molecular weight excluding hydrogens is 299 g/mol. The lowest BCUT2D eigenvalue weighted by Gasteiger charge is -2.19. The molecule has 4 nitrogen and oxygen atoms in total. The van der Waals surface area contributed by atoms with Crippen LogP contribution in [0.3, 0.4) is 0 Å². The molecule has 6 heteroatoms. The average Bonchev–Trinajstić information content (AvgIpc) is 2.71. The van der Waals surface area contributed by atoms with Crippen LogP contribution in [-0.2, 0) is 9.59 Å². The second kappa shape index (κ2) is 6.95. The SMILES string of the molecule is O=C(Nc1c(Cl)cccc1Cl)C(=O)N1CCCCCC1. The molecule has 0 radical (unpaired) electrons. The molecule has 0 unspecified atom stereocenters. The van der Waals surface area contributed by atoms with Gasteiger partial charge in [-0.25, -0.2) is 0 Å². The molecule has 2 rings (SSSR count). The van der Waals surface area contributed by atoms with Crippen LogP contribution in [0.15, 0.2) is 18.2 Å². The summed E-state index contributed by atoms with van der Waals surface area (Å²) in [5.74, 6) is -1.22. The highest BCUT2D eigenvalue weighted by Gasteiger charge is 2.23. The van der Waals surface area contributed by atoms with Crippen LogP contribution in [0, 0.1) is 0 Å². The number of carbonyl (C=O) groups excluding carboxylic acids is 2. The van der Waals surface area contributed by atoms with E-state index >= 15 is 0 Å². The van der Waals surface area contributed by atoms with Crippen molar-refractivity contribution in [2.24, 2.45) is 0 Å². The third-order valence-electron chi connectivity index (χ3n) is 3.29. The summed E-state index contributed by atoms with van der Waals surface area (Å²) in [6.07, 6.45) is 4.07. The predicted molar refractivity (Wildman–Crippen MR) is 80.1 cm³/mol. The van der Waals surface area contributed by atoms with Crippen LogP contribution in [0.4, 0.5) is 5.69 Å². The number of amides is 2. The van der Waals surface area contributed by atoms with Gasteiger partial charge >= 0.3 is 11.8 Å². The van der Waals surface area contributed by atoms with Crippen LogP contribution < -0.4 is 5.32 Å². The van der Waals surface area contributed by atoms with Gasteiger partial charge in [0.1, 0.15) is 0 Å². The van der Waals surface area contributed by atoms with Crippen molar-refractivity contribution < 1.29 is 9.59 Å². The number of benzene rings is 1. The Kier molecular flexibility index (Phi) is 5.26. The van der Waals surface area contributed by atoms with Crippen molar-refractivity contribution in [2.45, 2.75) is 25.7 Å². The molecule has 1 heterocycles. The number of halogens is 2. The van der Waals surface area contributed by atoms with Gasteiger partial charge in [0.15, 0.2) is 0 Å². The van der Waals surface area contributed by atoms with Crippen LogP contribution in [0.2, 0.25) is 10.0 Å². The van der Waals surface area contributed by atoms with Gasteiger partial charge in [0.25, 0.3) is 0 Å². The van der Waals surface area contributed by atoms with Gasteiger partial charge in [-0.2, -0.15) is 0 Å². The minimum Gasteiger partial charge on any atom is -0.334 e. The molecule has 0 atom stereocenters. The fourth-order valence-corrected chi connectivity index (χ4v) is 2.69. The van der Waals surface area contributed by atoms with Crippen molar-refractivity contribution in [1.29, 1.82) is 0 Å². The second-order valence-electron chi connectivity index (χ2n) is 4.76. The van der Waals surface area contributed by atoms with Gasteiger partial charge in [0.2, 0.25) is 0 Å². The summed E-state index contributed by atoms with van der Waals surface area (Å²) in [5.41, 5.74) is 0.281. The molecule has 0 spiro atoms. The van der Waals surface area contributed by atoms with Crippen molar-refractivity contribution in [1.82, 2.24) is 4.90 Å². The molecule has 1 aliphatic rings. The number of hydrogen-bond donors (Lipinski definition) is 1. The molecule has 1 aromatic carbocycles. The maximum absolute atomic E-state index is 12.1. The number of likely N-dealkylation sites (tertiary alicyclic amines) is 1. The zero-order chi connectivity index (χ0) is 14.5. The molecular formula is C14H16Cl2N2O2. The van der Waals surface area contributed by atoms with Crippen LogP contribution >= 0.6 is 23.2 Å². The van der Waals surface area contributed by atoms with E-state index in [9.17, 15) is 9.59 Å². The van der Waals surface area contributed by atoms with Crippen LogP contribution in [0.25, 0.3) is 0 Å². The van der Waals surface area contributed by atoms with Crippen LogP contribution in [-0.4, -0.2) is 29.8 Å². The van der Waals surface area contributed by atoms with E-state index in [1.807, 2.05) is 0 Å². The summed E-state index contributed by atoms with van der Waals surface area (Å²) in [6, 6.07) is 4.90.